The Balaban J connectivity index is 2.30. The molecule has 1 fully saturated rings. The molecule has 1 aliphatic rings. The van der Waals surface area contributed by atoms with Crippen molar-refractivity contribution in [1.29, 1.82) is 5.26 Å². The summed E-state index contributed by atoms with van der Waals surface area (Å²) in [6.07, 6.45) is 0.217. The predicted octanol–water partition coefficient (Wildman–Crippen LogP) is 1.75. The van der Waals surface area contributed by atoms with Crippen LogP contribution in [0.5, 0.6) is 0 Å². The van der Waals surface area contributed by atoms with Crippen molar-refractivity contribution in [1.82, 2.24) is 0 Å². The maximum Gasteiger partial charge on any atom is 0.101 e. The Morgan fingerprint density at radius 1 is 1.47 bits per heavy atom. The van der Waals surface area contributed by atoms with Crippen molar-refractivity contribution in [2.24, 2.45) is 0 Å². The van der Waals surface area contributed by atoms with Crippen LogP contribution in [0.15, 0.2) is 18.2 Å². The lowest BCUT2D eigenvalue weighted by Crippen LogP contribution is -2.47. The molecular weight excluding hydrogens is 214 g/mol. The van der Waals surface area contributed by atoms with Crippen molar-refractivity contribution in [3.8, 4) is 6.07 Å². The second-order valence-electron chi connectivity index (χ2n) is 4.53. The summed E-state index contributed by atoms with van der Waals surface area (Å²) in [4.78, 5) is 2.26. The molecule has 0 aromatic heterocycles. The van der Waals surface area contributed by atoms with Crippen LogP contribution < -0.4 is 10.6 Å². The minimum absolute atomic E-state index is 0.217. The zero-order valence-electron chi connectivity index (χ0n) is 10.2. The number of nitrogens with two attached hydrogens (primary N) is 1. The van der Waals surface area contributed by atoms with Gasteiger partial charge in [-0.3, -0.25) is 0 Å². The number of anilines is 2. The first kappa shape index (κ1) is 11.7. The van der Waals surface area contributed by atoms with Crippen molar-refractivity contribution in [3.05, 3.63) is 23.8 Å². The van der Waals surface area contributed by atoms with Gasteiger partial charge in [-0.25, -0.2) is 0 Å². The van der Waals surface area contributed by atoms with E-state index in [2.05, 4.69) is 24.8 Å². The fourth-order valence-electron chi connectivity index (χ4n) is 2.08. The molecular formula is C13H17N3O. The number of benzene rings is 1. The van der Waals surface area contributed by atoms with Gasteiger partial charge in [-0.1, -0.05) is 0 Å². The Morgan fingerprint density at radius 3 is 2.94 bits per heavy atom. The summed E-state index contributed by atoms with van der Waals surface area (Å²) in [7, 11) is 0. The molecule has 1 heterocycles. The molecule has 0 aliphatic carbocycles. The van der Waals surface area contributed by atoms with Crippen molar-refractivity contribution in [2.45, 2.75) is 26.0 Å². The molecule has 0 spiro atoms. The average Bonchev–Trinajstić information content (AvgIpc) is 2.33. The monoisotopic (exact) mass is 231 g/mol. The Bertz CT molecular complexity index is 452. The minimum atomic E-state index is 0.217. The lowest BCUT2D eigenvalue weighted by Gasteiger charge is -2.38. The summed E-state index contributed by atoms with van der Waals surface area (Å²) in [6.45, 7) is 5.74. The van der Waals surface area contributed by atoms with Crippen LogP contribution in [-0.4, -0.2) is 25.3 Å². The van der Waals surface area contributed by atoms with Crippen LogP contribution in [0.4, 0.5) is 11.4 Å². The summed E-state index contributed by atoms with van der Waals surface area (Å²) < 4.78 is 5.59. The lowest BCUT2D eigenvalue weighted by atomic mass is 10.1. The van der Waals surface area contributed by atoms with E-state index in [1.807, 2.05) is 12.1 Å². The molecule has 1 aromatic carbocycles. The molecule has 0 bridgehead atoms. The summed E-state index contributed by atoms with van der Waals surface area (Å²) in [6, 6.07) is 8.05. The molecule has 1 aliphatic heterocycles. The molecule has 2 atom stereocenters. The SMILES string of the molecule is CC1CN(c2ccc(N)c(C#N)c2)C(C)CO1. The van der Waals surface area contributed by atoms with Gasteiger partial charge in [-0.15, -0.1) is 0 Å². The van der Waals surface area contributed by atoms with Gasteiger partial charge in [-0.2, -0.15) is 5.26 Å². The van der Waals surface area contributed by atoms with Gasteiger partial charge in [0, 0.05) is 24.0 Å². The van der Waals surface area contributed by atoms with E-state index >= 15 is 0 Å². The molecule has 1 aromatic rings. The van der Waals surface area contributed by atoms with Gasteiger partial charge in [0.05, 0.1) is 18.3 Å². The van der Waals surface area contributed by atoms with Crippen LogP contribution >= 0.6 is 0 Å². The van der Waals surface area contributed by atoms with Gasteiger partial charge >= 0.3 is 0 Å². The lowest BCUT2D eigenvalue weighted by molar-refractivity contribution is 0.0344. The van der Waals surface area contributed by atoms with Crippen molar-refractivity contribution >= 4 is 11.4 Å². The third-order valence-electron chi connectivity index (χ3n) is 3.10. The molecule has 0 radical (unpaired) electrons. The van der Waals surface area contributed by atoms with Crippen LogP contribution in [-0.2, 0) is 4.74 Å². The summed E-state index contributed by atoms with van der Waals surface area (Å²) in [5, 5.41) is 8.99. The van der Waals surface area contributed by atoms with Gasteiger partial charge in [0.15, 0.2) is 0 Å². The molecule has 1 saturated heterocycles. The van der Waals surface area contributed by atoms with E-state index < -0.39 is 0 Å². The Labute approximate surface area is 102 Å². The number of rotatable bonds is 1. The number of ether oxygens (including phenoxy) is 1. The molecule has 4 heteroatoms. The second kappa shape index (κ2) is 4.64. The van der Waals surface area contributed by atoms with E-state index in [1.165, 1.54) is 0 Å². The van der Waals surface area contributed by atoms with Crippen LogP contribution in [0, 0.1) is 11.3 Å². The smallest absolute Gasteiger partial charge is 0.101 e. The standard InChI is InChI=1S/C13H17N3O/c1-9-8-17-10(2)7-16(9)12-3-4-13(15)11(5-12)6-14/h3-5,9-10H,7-8,15H2,1-2H3. The molecule has 2 N–H and O–H groups in total. The van der Waals surface area contributed by atoms with Gasteiger partial charge in [0.1, 0.15) is 6.07 Å². The van der Waals surface area contributed by atoms with Crippen LogP contribution in [0.25, 0.3) is 0 Å². The van der Waals surface area contributed by atoms with Gasteiger partial charge in [-0.05, 0) is 32.0 Å². The predicted molar refractivity (Wildman–Crippen MR) is 67.8 cm³/mol. The molecule has 4 nitrogen and oxygen atoms in total. The third kappa shape index (κ3) is 2.34. The molecule has 17 heavy (non-hydrogen) atoms. The maximum atomic E-state index is 8.99. The first-order valence-electron chi connectivity index (χ1n) is 5.79. The van der Waals surface area contributed by atoms with Crippen molar-refractivity contribution in [2.75, 3.05) is 23.8 Å². The number of nitrogen functional groups attached to an aromatic ring is 1. The molecule has 0 saturated carbocycles. The van der Waals surface area contributed by atoms with Crippen molar-refractivity contribution in [3.63, 3.8) is 0 Å². The van der Waals surface area contributed by atoms with E-state index in [4.69, 9.17) is 15.7 Å². The highest BCUT2D eigenvalue weighted by Crippen LogP contribution is 2.25. The Kier molecular flexibility index (Phi) is 3.21. The first-order chi connectivity index (χ1) is 8.11. The second-order valence-corrected chi connectivity index (χ2v) is 4.53. The Hall–Kier alpha value is -1.73. The van der Waals surface area contributed by atoms with E-state index in [-0.39, 0.29) is 6.10 Å². The molecule has 2 unspecified atom stereocenters. The summed E-state index contributed by atoms with van der Waals surface area (Å²) in [5.41, 5.74) is 7.83. The van der Waals surface area contributed by atoms with Crippen molar-refractivity contribution < 1.29 is 4.74 Å². The van der Waals surface area contributed by atoms with E-state index in [1.54, 1.807) is 6.07 Å². The van der Waals surface area contributed by atoms with Gasteiger partial charge < -0.3 is 15.4 Å². The van der Waals surface area contributed by atoms with Gasteiger partial charge in [0.2, 0.25) is 0 Å². The number of nitrogens with zero attached hydrogens (tertiary/aromatic N) is 2. The fourth-order valence-corrected chi connectivity index (χ4v) is 2.08. The zero-order valence-corrected chi connectivity index (χ0v) is 10.2. The molecule has 90 valence electrons. The zero-order chi connectivity index (χ0) is 12.4. The van der Waals surface area contributed by atoms with Crippen LogP contribution in [0.3, 0.4) is 0 Å². The summed E-state index contributed by atoms with van der Waals surface area (Å²) >= 11 is 0. The number of nitriles is 1. The van der Waals surface area contributed by atoms with Gasteiger partial charge in [0.25, 0.3) is 0 Å². The topological polar surface area (TPSA) is 62.3 Å². The van der Waals surface area contributed by atoms with Crippen LogP contribution in [0.1, 0.15) is 19.4 Å². The molecule has 0 amide bonds. The summed E-state index contributed by atoms with van der Waals surface area (Å²) in [5.74, 6) is 0. The first-order valence-corrected chi connectivity index (χ1v) is 5.79. The number of hydrogen-bond donors (Lipinski definition) is 1. The number of morpholine rings is 1. The van der Waals surface area contributed by atoms with E-state index in [9.17, 15) is 0 Å². The van der Waals surface area contributed by atoms with Crippen LogP contribution in [0.2, 0.25) is 0 Å². The maximum absolute atomic E-state index is 8.99. The molecule has 2 rings (SSSR count). The normalized spacial score (nSPS) is 24.4. The Morgan fingerprint density at radius 2 is 2.24 bits per heavy atom. The minimum Gasteiger partial charge on any atom is -0.398 e. The highest BCUT2D eigenvalue weighted by Gasteiger charge is 2.23. The largest absolute Gasteiger partial charge is 0.398 e. The number of hydrogen-bond acceptors (Lipinski definition) is 4. The average molecular weight is 231 g/mol. The van der Waals surface area contributed by atoms with E-state index in [0.29, 0.717) is 23.9 Å². The highest BCUT2D eigenvalue weighted by atomic mass is 16.5. The fraction of sp³-hybridized carbons (Fsp3) is 0.462. The quantitative estimate of drug-likeness (QED) is 0.748. The highest BCUT2D eigenvalue weighted by molar-refractivity contribution is 5.63. The van der Waals surface area contributed by atoms with E-state index in [0.717, 1.165) is 12.2 Å². The third-order valence-corrected chi connectivity index (χ3v) is 3.10.